The summed E-state index contributed by atoms with van der Waals surface area (Å²) in [6.07, 6.45) is 2.65. The van der Waals surface area contributed by atoms with E-state index in [4.69, 9.17) is 14.6 Å². The van der Waals surface area contributed by atoms with E-state index in [0.717, 1.165) is 28.7 Å². The van der Waals surface area contributed by atoms with Crippen LogP contribution in [0.5, 0.6) is 17.2 Å². The van der Waals surface area contributed by atoms with Gasteiger partial charge in [-0.15, -0.1) is 0 Å². The van der Waals surface area contributed by atoms with E-state index in [-0.39, 0.29) is 5.41 Å². The van der Waals surface area contributed by atoms with Crippen LogP contribution < -0.4 is 9.47 Å². The first kappa shape index (κ1) is 17.6. The molecule has 0 radical (unpaired) electrons. The molecule has 0 atom stereocenters. The molecule has 0 spiro atoms. The Hall–Kier alpha value is -2.75. The number of carboxylic acid groups (broad SMARTS) is 1. The summed E-state index contributed by atoms with van der Waals surface area (Å²) in [5.74, 6) is 1.29. The lowest BCUT2D eigenvalue weighted by atomic mass is 9.86. The van der Waals surface area contributed by atoms with E-state index in [9.17, 15) is 4.79 Å². The number of benzene rings is 2. The second-order valence-electron chi connectivity index (χ2n) is 6.45. The summed E-state index contributed by atoms with van der Waals surface area (Å²) in [7, 11) is 1.64. The minimum absolute atomic E-state index is 0.0892. The van der Waals surface area contributed by atoms with Crippen molar-refractivity contribution in [1.29, 1.82) is 0 Å². The highest BCUT2D eigenvalue weighted by Gasteiger charge is 2.20. The van der Waals surface area contributed by atoms with E-state index < -0.39 is 5.97 Å². The van der Waals surface area contributed by atoms with Crippen molar-refractivity contribution in [2.24, 2.45) is 0 Å². The third kappa shape index (κ3) is 4.62. The smallest absolute Gasteiger partial charge is 0.328 e. The van der Waals surface area contributed by atoms with Gasteiger partial charge in [-0.1, -0.05) is 32.9 Å². The van der Waals surface area contributed by atoms with Crippen molar-refractivity contribution in [2.45, 2.75) is 26.2 Å². The first-order chi connectivity index (χ1) is 11.3. The van der Waals surface area contributed by atoms with Gasteiger partial charge in [0.1, 0.15) is 17.2 Å². The predicted molar refractivity (Wildman–Crippen MR) is 94.9 cm³/mol. The number of carboxylic acids is 1. The SMILES string of the molecule is COc1ccc(Oc2ccc(C=CC(=O)O)cc2)c(C(C)(C)C)c1. The van der Waals surface area contributed by atoms with Crippen LogP contribution in [0.25, 0.3) is 6.08 Å². The zero-order chi connectivity index (χ0) is 17.7. The Morgan fingerprint density at radius 2 is 1.67 bits per heavy atom. The minimum atomic E-state index is -0.969. The van der Waals surface area contributed by atoms with Crippen molar-refractivity contribution in [3.05, 3.63) is 59.7 Å². The fraction of sp³-hybridized carbons (Fsp3) is 0.250. The molecule has 0 aliphatic rings. The second kappa shape index (κ2) is 7.21. The summed E-state index contributed by atoms with van der Waals surface area (Å²) in [6, 6.07) is 13.0. The molecule has 126 valence electrons. The van der Waals surface area contributed by atoms with E-state index in [1.54, 1.807) is 13.2 Å². The number of aliphatic carboxylic acids is 1. The minimum Gasteiger partial charge on any atom is -0.497 e. The maximum absolute atomic E-state index is 10.5. The molecule has 0 saturated carbocycles. The Kier molecular flexibility index (Phi) is 5.29. The van der Waals surface area contributed by atoms with Gasteiger partial charge in [0.05, 0.1) is 7.11 Å². The van der Waals surface area contributed by atoms with Crippen LogP contribution in [0.4, 0.5) is 0 Å². The topological polar surface area (TPSA) is 55.8 Å². The van der Waals surface area contributed by atoms with Crippen LogP contribution in [0.2, 0.25) is 0 Å². The van der Waals surface area contributed by atoms with E-state index in [1.807, 2.05) is 42.5 Å². The van der Waals surface area contributed by atoms with Crippen LogP contribution >= 0.6 is 0 Å². The van der Waals surface area contributed by atoms with Gasteiger partial charge in [0.25, 0.3) is 0 Å². The van der Waals surface area contributed by atoms with Crippen LogP contribution in [-0.4, -0.2) is 18.2 Å². The van der Waals surface area contributed by atoms with Gasteiger partial charge in [-0.05, 0) is 47.4 Å². The zero-order valence-electron chi connectivity index (χ0n) is 14.4. The molecule has 0 fully saturated rings. The fourth-order valence-corrected chi connectivity index (χ4v) is 2.25. The van der Waals surface area contributed by atoms with Gasteiger partial charge >= 0.3 is 5.97 Å². The summed E-state index contributed by atoms with van der Waals surface area (Å²) < 4.78 is 11.3. The first-order valence-corrected chi connectivity index (χ1v) is 7.67. The third-order valence-corrected chi connectivity index (χ3v) is 3.52. The van der Waals surface area contributed by atoms with Crippen LogP contribution in [0.15, 0.2) is 48.5 Å². The molecule has 0 saturated heterocycles. The molecule has 24 heavy (non-hydrogen) atoms. The Bertz CT molecular complexity index is 737. The largest absolute Gasteiger partial charge is 0.497 e. The molecular weight excluding hydrogens is 304 g/mol. The maximum atomic E-state index is 10.5. The van der Waals surface area contributed by atoms with Gasteiger partial charge in [0.15, 0.2) is 0 Å². The highest BCUT2D eigenvalue weighted by Crippen LogP contribution is 2.36. The Morgan fingerprint density at radius 3 is 2.21 bits per heavy atom. The summed E-state index contributed by atoms with van der Waals surface area (Å²) in [5, 5.41) is 8.65. The van der Waals surface area contributed by atoms with Crippen molar-refractivity contribution in [3.8, 4) is 17.2 Å². The predicted octanol–water partition coefficient (Wildman–Crippen LogP) is 4.88. The lowest BCUT2D eigenvalue weighted by molar-refractivity contribution is -0.131. The van der Waals surface area contributed by atoms with Crippen molar-refractivity contribution in [1.82, 2.24) is 0 Å². The third-order valence-electron chi connectivity index (χ3n) is 3.52. The zero-order valence-corrected chi connectivity index (χ0v) is 14.4. The molecule has 2 aromatic carbocycles. The molecule has 2 rings (SSSR count). The molecular formula is C20H22O4. The van der Waals surface area contributed by atoms with Crippen LogP contribution in [-0.2, 0) is 10.2 Å². The molecule has 0 heterocycles. The normalized spacial score (nSPS) is 11.5. The van der Waals surface area contributed by atoms with Crippen LogP contribution in [0.3, 0.4) is 0 Å². The van der Waals surface area contributed by atoms with Crippen molar-refractivity contribution in [3.63, 3.8) is 0 Å². The van der Waals surface area contributed by atoms with E-state index in [1.165, 1.54) is 0 Å². The average molecular weight is 326 g/mol. The number of methoxy groups -OCH3 is 1. The molecule has 0 bridgehead atoms. The van der Waals surface area contributed by atoms with Gasteiger partial charge < -0.3 is 14.6 Å². The number of carbonyl (C=O) groups is 1. The van der Waals surface area contributed by atoms with Gasteiger partial charge in [-0.25, -0.2) is 4.79 Å². The van der Waals surface area contributed by atoms with Crippen molar-refractivity contribution < 1.29 is 19.4 Å². The lowest BCUT2D eigenvalue weighted by Gasteiger charge is -2.23. The van der Waals surface area contributed by atoms with E-state index in [0.29, 0.717) is 5.75 Å². The second-order valence-corrected chi connectivity index (χ2v) is 6.45. The van der Waals surface area contributed by atoms with Crippen molar-refractivity contribution in [2.75, 3.05) is 7.11 Å². The maximum Gasteiger partial charge on any atom is 0.328 e. The van der Waals surface area contributed by atoms with Gasteiger partial charge in [0, 0.05) is 11.6 Å². The molecule has 0 unspecified atom stereocenters. The highest BCUT2D eigenvalue weighted by atomic mass is 16.5. The highest BCUT2D eigenvalue weighted by molar-refractivity contribution is 5.85. The molecule has 1 N–H and O–H groups in total. The molecule has 0 aliphatic carbocycles. The number of hydrogen-bond acceptors (Lipinski definition) is 3. The van der Waals surface area contributed by atoms with Crippen LogP contribution in [0.1, 0.15) is 31.9 Å². The Labute approximate surface area is 142 Å². The first-order valence-electron chi connectivity index (χ1n) is 7.67. The molecule has 0 amide bonds. The fourth-order valence-electron chi connectivity index (χ4n) is 2.25. The van der Waals surface area contributed by atoms with Gasteiger partial charge in [-0.3, -0.25) is 0 Å². The average Bonchev–Trinajstić information content (AvgIpc) is 2.53. The van der Waals surface area contributed by atoms with Crippen LogP contribution in [0, 0.1) is 0 Å². The van der Waals surface area contributed by atoms with E-state index in [2.05, 4.69) is 20.8 Å². The number of rotatable bonds is 5. The molecule has 0 aliphatic heterocycles. The number of ether oxygens (including phenoxy) is 2. The Balaban J connectivity index is 2.26. The summed E-state index contributed by atoms with van der Waals surface area (Å²) in [6.45, 7) is 6.36. The Morgan fingerprint density at radius 1 is 1.04 bits per heavy atom. The standard InChI is InChI=1S/C20H22O4/c1-20(2,3)17-13-16(23-4)10-11-18(17)24-15-8-5-14(6-9-15)7-12-19(21)22/h5-13H,1-4H3,(H,21,22). The molecule has 2 aromatic rings. The monoisotopic (exact) mass is 326 g/mol. The van der Waals surface area contributed by atoms with E-state index >= 15 is 0 Å². The summed E-state index contributed by atoms with van der Waals surface area (Å²) in [4.78, 5) is 10.5. The summed E-state index contributed by atoms with van der Waals surface area (Å²) in [5.41, 5.74) is 1.76. The lowest BCUT2D eigenvalue weighted by Crippen LogP contribution is -2.12. The quantitative estimate of drug-likeness (QED) is 0.795. The van der Waals surface area contributed by atoms with Gasteiger partial charge in [0.2, 0.25) is 0 Å². The number of hydrogen-bond donors (Lipinski definition) is 1. The molecule has 0 aromatic heterocycles. The van der Waals surface area contributed by atoms with Crippen molar-refractivity contribution >= 4 is 12.0 Å². The van der Waals surface area contributed by atoms with Gasteiger partial charge in [-0.2, -0.15) is 0 Å². The summed E-state index contributed by atoms with van der Waals surface area (Å²) >= 11 is 0. The molecule has 4 heteroatoms. The molecule has 4 nitrogen and oxygen atoms in total.